The number of hydrogen-bond acceptors (Lipinski definition) is 9. The van der Waals surface area contributed by atoms with Crippen LogP contribution in [-0.4, -0.2) is 44.0 Å². The molecule has 0 aliphatic rings. The van der Waals surface area contributed by atoms with Crippen molar-refractivity contribution in [3.63, 3.8) is 0 Å². The second kappa shape index (κ2) is 12.0. The molecule has 0 radical (unpaired) electrons. The number of carbonyl (C=O) groups is 2. The van der Waals surface area contributed by atoms with E-state index in [1.165, 1.54) is 41.3 Å². The van der Waals surface area contributed by atoms with Gasteiger partial charge in [-0.1, -0.05) is 23.4 Å². The Morgan fingerprint density at radius 2 is 2.12 bits per heavy atom. The van der Waals surface area contributed by atoms with Crippen LogP contribution in [0.2, 0.25) is 5.02 Å². The van der Waals surface area contributed by atoms with Gasteiger partial charge < -0.3 is 19.4 Å². The predicted octanol–water partition coefficient (Wildman–Crippen LogP) is 3.96. The third-order valence-corrected chi connectivity index (χ3v) is 6.19. The molecule has 0 atom stereocenters. The summed E-state index contributed by atoms with van der Waals surface area (Å²) in [7, 11) is 0. The standard InChI is InChI=1S/C20H21ClFN5O4S2/c1-3-27-16(9-31-15-6-5-12(22)7-14(15)21)25-26-20(27)33-11-17(28)24-19-23-13(10-32-19)8-18(29)30-4-2/h5-7,10H,3-4,8-9,11H2,1-2H3,(H,23,24,28). The predicted molar refractivity (Wildman–Crippen MR) is 123 cm³/mol. The molecule has 0 aliphatic carbocycles. The highest BCUT2D eigenvalue weighted by Crippen LogP contribution is 2.26. The molecule has 3 rings (SSSR count). The van der Waals surface area contributed by atoms with E-state index in [0.717, 1.165) is 0 Å². The Balaban J connectivity index is 1.53. The van der Waals surface area contributed by atoms with Gasteiger partial charge in [-0.15, -0.1) is 21.5 Å². The van der Waals surface area contributed by atoms with Crippen LogP contribution in [0.4, 0.5) is 9.52 Å². The summed E-state index contributed by atoms with van der Waals surface area (Å²) in [6.45, 7) is 4.61. The van der Waals surface area contributed by atoms with Crippen LogP contribution in [0.15, 0.2) is 28.7 Å². The lowest BCUT2D eigenvalue weighted by molar-refractivity contribution is -0.142. The number of halogens is 2. The minimum absolute atomic E-state index is 0.0581. The molecule has 1 amide bonds. The van der Waals surface area contributed by atoms with Gasteiger partial charge in [0.1, 0.15) is 18.2 Å². The summed E-state index contributed by atoms with van der Waals surface area (Å²) in [5.41, 5.74) is 0.540. The molecule has 9 nitrogen and oxygen atoms in total. The summed E-state index contributed by atoms with van der Waals surface area (Å²) in [5, 5.41) is 13.8. The molecule has 0 unspecified atom stereocenters. The normalized spacial score (nSPS) is 10.8. The fraction of sp³-hybridized carbons (Fsp3) is 0.350. The summed E-state index contributed by atoms with van der Waals surface area (Å²) in [4.78, 5) is 28.1. The maximum absolute atomic E-state index is 13.2. The third kappa shape index (κ3) is 7.14. The van der Waals surface area contributed by atoms with Crippen molar-refractivity contribution in [2.45, 2.75) is 38.6 Å². The quantitative estimate of drug-likeness (QED) is 0.303. The molecule has 2 heterocycles. The number of ether oxygens (including phenoxy) is 2. The highest BCUT2D eigenvalue weighted by Gasteiger charge is 2.16. The number of esters is 1. The van der Waals surface area contributed by atoms with Gasteiger partial charge in [0.05, 0.1) is 29.5 Å². The smallest absolute Gasteiger partial charge is 0.311 e. The van der Waals surface area contributed by atoms with E-state index in [1.807, 2.05) is 11.5 Å². The molecule has 176 valence electrons. The van der Waals surface area contributed by atoms with Crippen molar-refractivity contribution < 1.29 is 23.5 Å². The number of rotatable bonds is 11. The van der Waals surface area contributed by atoms with Gasteiger partial charge in [0.15, 0.2) is 16.1 Å². The van der Waals surface area contributed by atoms with E-state index in [0.29, 0.717) is 40.7 Å². The molecule has 0 saturated carbocycles. The van der Waals surface area contributed by atoms with Crippen LogP contribution in [0.25, 0.3) is 0 Å². The van der Waals surface area contributed by atoms with Crippen molar-refractivity contribution in [1.82, 2.24) is 19.7 Å². The lowest BCUT2D eigenvalue weighted by Gasteiger charge is -2.10. The largest absolute Gasteiger partial charge is 0.484 e. The Labute approximate surface area is 202 Å². The first-order chi connectivity index (χ1) is 15.9. The number of hydrogen-bond donors (Lipinski definition) is 1. The summed E-state index contributed by atoms with van der Waals surface area (Å²) in [5.74, 6) is -0.105. The number of amides is 1. The van der Waals surface area contributed by atoms with E-state index in [-0.39, 0.29) is 35.7 Å². The van der Waals surface area contributed by atoms with Gasteiger partial charge in [-0.25, -0.2) is 9.37 Å². The minimum Gasteiger partial charge on any atom is -0.484 e. The number of aromatic nitrogens is 4. The van der Waals surface area contributed by atoms with Gasteiger partial charge in [-0.2, -0.15) is 0 Å². The van der Waals surface area contributed by atoms with E-state index in [1.54, 1.807) is 12.3 Å². The van der Waals surface area contributed by atoms with E-state index < -0.39 is 5.82 Å². The van der Waals surface area contributed by atoms with Crippen molar-refractivity contribution in [3.05, 3.63) is 45.9 Å². The lowest BCUT2D eigenvalue weighted by Crippen LogP contribution is -2.15. The lowest BCUT2D eigenvalue weighted by atomic mass is 10.3. The van der Waals surface area contributed by atoms with Crippen LogP contribution >= 0.6 is 34.7 Å². The second-order valence-corrected chi connectivity index (χ2v) is 8.68. The molecule has 3 aromatic rings. The Hall–Kier alpha value is -2.70. The number of anilines is 1. The van der Waals surface area contributed by atoms with Crippen molar-refractivity contribution >= 4 is 51.7 Å². The molecular formula is C20H21ClFN5O4S2. The summed E-state index contributed by atoms with van der Waals surface area (Å²) >= 11 is 8.44. The maximum Gasteiger partial charge on any atom is 0.311 e. The van der Waals surface area contributed by atoms with Gasteiger partial charge in [0.25, 0.3) is 0 Å². The number of nitrogens with one attached hydrogen (secondary N) is 1. The first kappa shape index (κ1) is 24.9. The van der Waals surface area contributed by atoms with E-state index in [2.05, 4.69) is 20.5 Å². The van der Waals surface area contributed by atoms with Crippen molar-refractivity contribution in [1.29, 1.82) is 0 Å². The first-order valence-corrected chi connectivity index (χ1v) is 12.2. The summed E-state index contributed by atoms with van der Waals surface area (Å²) in [6.07, 6.45) is 0.0581. The van der Waals surface area contributed by atoms with Gasteiger partial charge in [0, 0.05) is 11.9 Å². The SMILES string of the molecule is CCOC(=O)Cc1csc(NC(=O)CSc2nnc(COc3ccc(F)cc3Cl)n2CC)n1. The molecule has 13 heteroatoms. The highest BCUT2D eigenvalue weighted by atomic mass is 35.5. The fourth-order valence-corrected chi connectivity index (χ4v) is 4.45. The van der Waals surface area contributed by atoms with Crippen LogP contribution in [-0.2, 0) is 33.9 Å². The molecular weight excluding hydrogens is 493 g/mol. The Morgan fingerprint density at radius 3 is 2.85 bits per heavy atom. The number of nitrogens with zero attached hydrogens (tertiary/aromatic N) is 4. The van der Waals surface area contributed by atoms with E-state index in [9.17, 15) is 14.0 Å². The zero-order valence-corrected chi connectivity index (χ0v) is 20.2. The second-order valence-electron chi connectivity index (χ2n) is 6.47. The minimum atomic E-state index is -0.450. The Bertz CT molecular complexity index is 1120. The zero-order valence-electron chi connectivity index (χ0n) is 17.8. The molecule has 2 aromatic heterocycles. The van der Waals surface area contributed by atoms with Gasteiger partial charge in [0.2, 0.25) is 5.91 Å². The monoisotopic (exact) mass is 513 g/mol. The topological polar surface area (TPSA) is 108 Å². The molecule has 0 aliphatic heterocycles. The van der Waals surface area contributed by atoms with Crippen LogP contribution < -0.4 is 10.1 Å². The van der Waals surface area contributed by atoms with Gasteiger partial charge >= 0.3 is 5.97 Å². The van der Waals surface area contributed by atoms with Crippen molar-refractivity contribution in [2.75, 3.05) is 17.7 Å². The average Bonchev–Trinajstić information content (AvgIpc) is 3.37. The average molecular weight is 514 g/mol. The molecule has 33 heavy (non-hydrogen) atoms. The van der Waals surface area contributed by atoms with Crippen LogP contribution in [0.1, 0.15) is 25.4 Å². The molecule has 0 saturated heterocycles. The number of benzene rings is 1. The zero-order chi connectivity index (χ0) is 23.8. The highest BCUT2D eigenvalue weighted by molar-refractivity contribution is 7.99. The van der Waals surface area contributed by atoms with Crippen LogP contribution in [0, 0.1) is 5.82 Å². The Morgan fingerprint density at radius 1 is 1.30 bits per heavy atom. The fourth-order valence-electron chi connectivity index (χ4n) is 2.68. The molecule has 0 bridgehead atoms. The van der Waals surface area contributed by atoms with Crippen LogP contribution in [0.3, 0.4) is 0 Å². The van der Waals surface area contributed by atoms with E-state index >= 15 is 0 Å². The van der Waals surface area contributed by atoms with E-state index in [4.69, 9.17) is 21.1 Å². The number of thioether (sulfide) groups is 1. The molecule has 0 fully saturated rings. The summed E-state index contributed by atoms with van der Waals surface area (Å²) in [6, 6.07) is 3.87. The third-order valence-electron chi connectivity index (χ3n) is 4.12. The van der Waals surface area contributed by atoms with Gasteiger partial charge in [-0.05, 0) is 32.0 Å². The number of carbonyl (C=O) groups excluding carboxylic acids is 2. The summed E-state index contributed by atoms with van der Waals surface area (Å²) < 4.78 is 25.5. The maximum atomic E-state index is 13.2. The van der Waals surface area contributed by atoms with Crippen molar-refractivity contribution in [2.24, 2.45) is 0 Å². The van der Waals surface area contributed by atoms with Crippen molar-refractivity contribution in [3.8, 4) is 5.75 Å². The van der Waals surface area contributed by atoms with Gasteiger partial charge in [-0.3, -0.25) is 9.59 Å². The molecule has 0 spiro atoms. The first-order valence-electron chi connectivity index (χ1n) is 9.92. The Kier molecular flexibility index (Phi) is 9.03. The molecule has 1 aromatic carbocycles. The molecule has 1 N–H and O–H groups in total. The van der Waals surface area contributed by atoms with Crippen LogP contribution in [0.5, 0.6) is 5.75 Å². The number of thiazole rings is 1.